The van der Waals surface area contributed by atoms with E-state index in [1.165, 1.54) is 10.4 Å². The Hall–Kier alpha value is -2.30. The first-order chi connectivity index (χ1) is 13.0. The molecule has 0 saturated heterocycles. The van der Waals surface area contributed by atoms with Crippen molar-refractivity contribution in [2.45, 2.75) is 26.4 Å². The van der Waals surface area contributed by atoms with Crippen molar-refractivity contribution in [3.63, 3.8) is 0 Å². The molecular weight excluding hydrogens is 378 g/mol. The van der Waals surface area contributed by atoms with Crippen LogP contribution in [0.4, 0.5) is 0 Å². The number of thiophene rings is 1. The van der Waals surface area contributed by atoms with E-state index in [0.29, 0.717) is 17.3 Å². The maximum atomic E-state index is 13.0. The Labute approximate surface area is 169 Å². The van der Waals surface area contributed by atoms with Gasteiger partial charge in [-0.15, -0.1) is 11.3 Å². The number of rotatable bonds is 7. The largest absolute Gasteiger partial charge is 0.484 e. The first-order valence-electron chi connectivity index (χ1n) is 8.80. The number of carbonyl (C=O) groups excluding carboxylic acids is 1. The van der Waals surface area contributed by atoms with Crippen molar-refractivity contribution in [3.8, 4) is 5.75 Å². The summed E-state index contributed by atoms with van der Waals surface area (Å²) in [5.41, 5.74) is 2.31. The highest BCUT2D eigenvalue weighted by Gasteiger charge is 2.23. The average Bonchev–Trinajstić information content (AvgIpc) is 3.10. The summed E-state index contributed by atoms with van der Waals surface area (Å²) < 4.78 is 5.69. The van der Waals surface area contributed by atoms with Gasteiger partial charge in [0.25, 0.3) is 5.91 Å². The zero-order valence-corrected chi connectivity index (χ0v) is 17.0. The summed E-state index contributed by atoms with van der Waals surface area (Å²) in [7, 11) is 0. The van der Waals surface area contributed by atoms with E-state index in [1.807, 2.05) is 35.2 Å². The number of hydrogen-bond donors (Lipinski definition) is 0. The van der Waals surface area contributed by atoms with Gasteiger partial charge in [0.2, 0.25) is 0 Å². The molecule has 1 aromatic heterocycles. The monoisotopic (exact) mass is 399 g/mol. The van der Waals surface area contributed by atoms with Crippen molar-refractivity contribution in [2.24, 2.45) is 0 Å². The van der Waals surface area contributed by atoms with Crippen LogP contribution in [0.5, 0.6) is 5.75 Å². The molecule has 0 fully saturated rings. The average molecular weight is 400 g/mol. The van der Waals surface area contributed by atoms with E-state index in [-0.39, 0.29) is 18.6 Å². The SMILES string of the molecule is Cc1ccsc1CN(C(=O)COc1ccc(Cl)cc1)C(C)c1ccccc1. The standard InChI is InChI=1S/C22H22ClNO2S/c1-16-12-13-27-21(16)14-24(17(2)18-6-4-3-5-7-18)22(25)15-26-20-10-8-19(23)9-11-20/h3-13,17H,14-15H2,1-2H3. The minimum absolute atomic E-state index is 0.0107. The first kappa shape index (κ1) is 19.5. The van der Waals surface area contributed by atoms with Gasteiger partial charge in [-0.2, -0.15) is 0 Å². The molecule has 0 N–H and O–H groups in total. The topological polar surface area (TPSA) is 29.5 Å². The molecule has 3 aromatic rings. The normalized spacial score (nSPS) is 11.8. The van der Waals surface area contributed by atoms with Gasteiger partial charge in [0.1, 0.15) is 5.75 Å². The van der Waals surface area contributed by atoms with Crippen LogP contribution in [-0.2, 0) is 11.3 Å². The van der Waals surface area contributed by atoms with Crippen LogP contribution in [0.2, 0.25) is 5.02 Å². The van der Waals surface area contributed by atoms with Crippen LogP contribution < -0.4 is 4.74 Å². The van der Waals surface area contributed by atoms with E-state index in [4.69, 9.17) is 16.3 Å². The number of amides is 1. The zero-order valence-electron chi connectivity index (χ0n) is 15.4. The molecule has 27 heavy (non-hydrogen) atoms. The third kappa shape index (κ3) is 5.12. The van der Waals surface area contributed by atoms with E-state index < -0.39 is 0 Å². The molecule has 0 radical (unpaired) electrons. The number of benzene rings is 2. The van der Waals surface area contributed by atoms with Crippen molar-refractivity contribution < 1.29 is 9.53 Å². The minimum Gasteiger partial charge on any atom is -0.484 e. The van der Waals surface area contributed by atoms with Gasteiger partial charge in [0, 0.05) is 9.90 Å². The molecule has 0 saturated carbocycles. The van der Waals surface area contributed by atoms with Crippen LogP contribution in [0.15, 0.2) is 66.0 Å². The Bertz CT molecular complexity index is 877. The molecule has 3 rings (SSSR count). The zero-order chi connectivity index (χ0) is 19.2. The molecule has 3 nitrogen and oxygen atoms in total. The molecule has 1 heterocycles. The number of ether oxygens (including phenoxy) is 1. The van der Waals surface area contributed by atoms with Crippen LogP contribution in [0.1, 0.15) is 29.0 Å². The molecule has 0 bridgehead atoms. The summed E-state index contributed by atoms with van der Waals surface area (Å²) in [6.45, 7) is 4.69. The lowest BCUT2D eigenvalue weighted by Gasteiger charge is -2.29. The summed E-state index contributed by atoms with van der Waals surface area (Å²) in [6.07, 6.45) is 0. The predicted octanol–water partition coefficient (Wildman–Crippen LogP) is 5.88. The molecule has 140 valence electrons. The Morgan fingerprint density at radius 3 is 2.44 bits per heavy atom. The van der Waals surface area contributed by atoms with Gasteiger partial charge in [0.05, 0.1) is 12.6 Å². The van der Waals surface area contributed by atoms with E-state index in [9.17, 15) is 4.79 Å². The fraction of sp³-hybridized carbons (Fsp3) is 0.227. The Balaban J connectivity index is 1.76. The van der Waals surface area contributed by atoms with Crippen LogP contribution in [-0.4, -0.2) is 17.4 Å². The Kier molecular flexibility index (Phi) is 6.54. The summed E-state index contributed by atoms with van der Waals surface area (Å²) in [4.78, 5) is 16.1. The molecule has 5 heteroatoms. The van der Waals surface area contributed by atoms with Crippen molar-refractivity contribution in [3.05, 3.63) is 87.1 Å². The fourth-order valence-electron chi connectivity index (χ4n) is 2.83. The number of hydrogen-bond acceptors (Lipinski definition) is 3. The van der Waals surface area contributed by atoms with E-state index >= 15 is 0 Å². The second-order valence-corrected chi connectivity index (χ2v) is 7.81. The van der Waals surface area contributed by atoms with Crippen LogP contribution >= 0.6 is 22.9 Å². The van der Waals surface area contributed by atoms with E-state index in [0.717, 1.165) is 5.56 Å². The summed E-state index contributed by atoms with van der Waals surface area (Å²) >= 11 is 7.57. The lowest BCUT2D eigenvalue weighted by molar-refractivity contribution is -0.136. The van der Waals surface area contributed by atoms with Gasteiger partial charge < -0.3 is 9.64 Å². The van der Waals surface area contributed by atoms with Crippen molar-refractivity contribution >= 4 is 28.8 Å². The van der Waals surface area contributed by atoms with Crippen molar-refractivity contribution in [1.82, 2.24) is 4.90 Å². The van der Waals surface area contributed by atoms with Gasteiger partial charge in [-0.05, 0) is 60.7 Å². The highest BCUT2D eigenvalue weighted by molar-refractivity contribution is 7.10. The second-order valence-electron chi connectivity index (χ2n) is 6.38. The number of carbonyl (C=O) groups is 1. The lowest BCUT2D eigenvalue weighted by atomic mass is 10.1. The molecule has 1 unspecified atom stereocenters. The van der Waals surface area contributed by atoms with Crippen LogP contribution in [0.3, 0.4) is 0 Å². The predicted molar refractivity (Wildman–Crippen MR) is 111 cm³/mol. The number of nitrogens with zero attached hydrogens (tertiary/aromatic N) is 1. The lowest BCUT2D eigenvalue weighted by Crippen LogP contribution is -2.36. The highest BCUT2D eigenvalue weighted by Crippen LogP contribution is 2.26. The molecule has 2 aromatic carbocycles. The van der Waals surface area contributed by atoms with Crippen LogP contribution in [0, 0.1) is 6.92 Å². The summed E-state index contributed by atoms with van der Waals surface area (Å²) in [5, 5.41) is 2.70. The highest BCUT2D eigenvalue weighted by atomic mass is 35.5. The van der Waals surface area contributed by atoms with Crippen LogP contribution in [0.25, 0.3) is 0 Å². The molecule has 0 spiro atoms. The van der Waals surface area contributed by atoms with Gasteiger partial charge >= 0.3 is 0 Å². The smallest absolute Gasteiger partial charge is 0.261 e. The fourth-order valence-corrected chi connectivity index (χ4v) is 3.86. The minimum atomic E-state index is -0.0472. The number of halogens is 1. The quantitative estimate of drug-likeness (QED) is 0.496. The molecule has 0 aliphatic carbocycles. The summed E-state index contributed by atoms with van der Waals surface area (Å²) in [6, 6.07) is 19.1. The Morgan fingerprint density at radius 2 is 1.81 bits per heavy atom. The Morgan fingerprint density at radius 1 is 1.11 bits per heavy atom. The van der Waals surface area contributed by atoms with Crippen molar-refractivity contribution in [2.75, 3.05) is 6.61 Å². The summed E-state index contributed by atoms with van der Waals surface area (Å²) in [5.74, 6) is 0.585. The maximum absolute atomic E-state index is 13.0. The van der Waals surface area contributed by atoms with Gasteiger partial charge in [-0.1, -0.05) is 41.9 Å². The van der Waals surface area contributed by atoms with Gasteiger partial charge in [-0.25, -0.2) is 0 Å². The maximum Gasteiger partial charge on any atom is 0.261 e. The second kappa shape index (κ2) is 9.07. The van der Waals surface area contributed by atoms with E-state index in [2.05, 4.69) is 25.3 Å². The van der Waals surface area contributed by atoms with Gasteiger partial charge in [0.15, 0.2) is 6.61 Å². The first-order valence-corrected chi connectivity index (χ1v) is 10.1. The molecule has 1 amide bonds. The van der Waals surface area contributed by atoms with E-state index in [1.54, 1.807) is 35.6 Å². The third-order valence-electron chi connectivity index (χ3n) is 4.53. The number of aryl methyl sites for hydroxylation is 1. The molecule has 0 aliphatic heterocycles. The van der Waals surface area contributed by atoms with Gasteiger partial charge in [-0.3, -0.25) is 4.79 Å². The molecule has 0 aliphatic rings. The molecule has 1 atom stereocenters. The molecular formula is C22H22ClNO2S. The third-order valence-corrected chi connectivity index (χ3v) is 5.79. The van der Waals surface area contributed by atoms with Crippen molar-refractivity contribution in [1.29, 1.82) is 0 Å².